The molecule has 0 aromatic carbocycles. The smallest absolute Gasteiger partial charge is 0.320 e. The van der Waals surface area contributed by atoms with Crippen LogP contribution in [0.4, 0.5) is 0 Å². The van der Waals surface area contributed by atoms with Crippen LogP contribution in [0.2, 0.25) is 0 Å². The molecule has 0 spiro atoms. The van der Waals surface area contributed by atoms with Gasteiger partial charge in [-0.25, -0.2) is 0 Å². The summed E-state index contributed by atoms with van der Waals surface area (Å²) < 4.78 is 10.3. The van der Waals surface area contributed by atoms with E-state index in [1.54, 1.807) is 41.5 Å². The minimum atomic E-state index is -1.13. The zero-order valence-electron chi connectivity index (χ0n) is 14.4. The Kier molecular flexibility index (Phi) is 7.02. The quantitative estimate of drug-likeness (QED) is 0.741. The Hall–Kier alpha value is -1.63. The van der Waals surface area contributed by atoms with E-state index in [0.29, 0.717) is 0 Å². The Labute approximate surface area is 131 Å². The maximum atomic E-state index is 11.9. The number of hydrogen-bond acceptors (Lipinski definition) is 6. The van der Waals surface area contributed by atoms with Crippen LogP contribution in [0.3, 0.4) is 0 Å². The average Bonchev–Trinajstić information content (AvgIpc) is 2.21. The van der Waals surface area contributed by atoms with Crippen LogP contribution in [-0.2, 0) is 23.9 Å². The zero-order valence-corrected chi connectivity index (χ0v) is 14.4. The summed E-state index contributed by atoms with van der Waals surface area (Å²) in [6.45, 7) is 11.1. The third-order valence-corrected chi connectivity index (χ3v) is 2.41. The van der Waals surface area contributed by atoms with Crippen LogP contribution >= 0.6 is 0 Å². The molecule has 0 unspecified atom stereocenters. The van der Waals surface area contributed by atoms with Crippen LogP contribution in [0.1, 0.15) is 48.5 Å². The predicted octanol–water partition coefficient (Wildman–Crippen LogP) is 1.44. The monoisotopic (exact) mass is 317 g/mol. The normalized spacial score (nSPS) is 13.6. The van der Waals surface area contributed by atoms with Crippen LogP contribution in [0.15, 0.2) is 0 Å². The van der Waals surface area contributed by atoms with E-state index >= 15 is 0 Å². The van der Waals surface area contributed by atoms with Gasteiger partial charge in [0.05, 0.1) is 13.1 Å². The summed E-state index contributed by atoms with van der Waals surface area (Å²) >= 11 is 0. The fourth-order valence-electron chi connectivity index (χ4n) is 1.57. The summed E-state index contributed by atoms with van der Waals surface area (Å²) in [6, 6.07) is -1.01. The van der Waals surface area contributed by atoms with E-state index in [2.05, 4.69) is 0 Å². The number of rotatable bonds is 6. The van der Waals surface area contributed by atoms with Gasteiger partial charge in [0, 0.05) is 0 Å². The van der Waals surface area contributed by atoms with Crippen molar-refractivity contribution in [3.05, 3.63) is 0 Å². The van der Waals surface area contributed by atoms with E-state index in [9.17, 15) is 14.4 Å². The molecule has 0 fully saturated rings. The molecule has 7 nitrogen and oxygen atoms in total. The fourth-order valence-corrected chi connectivity index (χ4v) is 1.57. The number of carboxylic acid groups (broad SMARTS) is 1. The Morgan fingerprint density at radius 3 is 1.45 bits per heavy atom. The van der Waals surface area contributed by atoms with Gasteiger partial charge in [0.25, 0.3) is 0 Å². The van der Waals surface area contributed by atoms with Crippen LogP contribution in [0.5, 0.6) is 0 Å². The van der Waals surface area contributed by atoms with Crippen molar-refractivity contribution in [2.45, 2.75) is 65.7 Å². The molecule has 128 valence electrons. The van der Waals surface area contributed by atoms with Gasteiger partial charge < -0.3 is 14.6 Å². The maximum absolute atomic E-state index is 11.9. The lowest BCUT2D eigenvalue weighted by Crippen LogP contribution is -2.47. The second-order valence-electron chi connectivity index (χ2n) is 7.09. The maximum Gasteiger partial charge on any atom is 0.320 e. The summed E-state index contributed by atoms with van der Waals surface area (Å²) in [6.07, 6.45) is 0. The highest BCUT2D eigenvalue weighted by Gasteiger charge is 2.29. The lowest BCUT2D eigenvalue weighted by atomic mass is 10.2. The third-order valence-electron chi connectivity index (χ3n) is 2.41. The Bertz CT molecular complexity index is 389. The highest BCUT2D eigenvalue weighted by Crippen LogP contribution is 2.11. The topological polar surface area (TPSA) is 93.1 Å². The molecule has 0 heterocycles. The van der Waals surface area contributed by atoms with Crippen molar-refractivity contribution in [2.24, 2.45) is 0 Å². The lowest BCUT2D eigenvalue weighted by molar-refractivity contribution is -0.162. The van der Waals surface area contributed by atoms with E-state index in [0.717, 1.165) is 0 Å². The molecule has 0 aliphatic heterocycles. The number of hydrogen-bond donors (Lipinski definition) is 1. The van der Waals surface area contributed by atoms with E-state index in [4.69, 9.17) is 14.6 Å². The molecule has 0 saturated heterocycles. The van der Waals surface area contributed by atoms with Gasteiger partial charge in [0.15, 0.2) is 0 Å². The van der Waals surface area contributed by atoms with Crippen molar-refractivity contribution in [3.8, 4) is 0 Å². The van der Waals surface area contributed by atoms with Crippen LogP contribution in [0.25, 0.3) is 0 Å². The summed E-state index contributed by atoms with van der Waals surface area (Å²) in [5.74, 6) is -2.32. The second-order valence-corrected chi connectivity index (χ2v) is 7.09. The number of aliphatic carboxylic acids is 1. The molecule has 0 aliphatic carbocycles. The SMILES string of the molecule is C[C@@H](C(=O)O)N(CC(=O)OC(C)(C)C)CC(=O)OC(C)(C)C. The predicted molar refractivity (Wildman–Crippen MR) is 80.4 cm³/mol. The zero-order chi connectivity index (χ0) is 17.7. The van der Waals surface area contributed by atoms with E-state index in [1.165, 1.54) is 11.8 Å². The van der Waals surface area contributed by atoms with Crippen molar-refractivity contribution in [2.75, 3.05) is 13.1 Å². The molecule has 0 aromatic heterocycles. The molecular weight excluding hydrogens is 290 g/mol. The van der Waals surface area contributed by atoms with E-state index < -0.39 is 35.2 Å². The molecule has 1 N–H and O–H groups in total. The fraction of sp³-hybridized carbons (Fsp3) is 0.800. The molecule has 0 saturated carbocycles. The molecule has 0 aliphatic rings. The Balaban J connectivity index is 4.88. The van der Waals surface area contributed by atoms with Gasteiger partial charge in [-0.1, -0.05) is 0 Å². The van der Waals surface area contributed by atoms with Crippen molar-refractivity contribution in [1.29, 1.82) is 0 Å². The molecule has 0 rings (SSSR count). The van der Waals surface area contributed by atoms with Gasteiger partial charge >= 0.3 is 17.9 Å². The van der Waals surface area contributed by atoms with Gasteiger partial charge in [-0.05, 0) is 48.5 Å². The number of carbonyl (C=O) groups is 3. The summed E-state index contributed by atoms with van der Waals surface area (Å²) in [5, 5.41) is 9.10. The molecular formula is C15H27NO6. The second kappa shape index (κ2) is 7.58. The average molecular weight is 317 g/mol. The molecule has 1 atom stereocenters. The number of ether oxygens (including phenoxy) is 2. The van der Waals surface area contributed by atoms with E-state index in [-0.39, 0.29) is 13.1 Å². The van der Waals surface area contributed by atoms with Gasteiger partial charge in [0.2, 0.25) is 0 Å². The van der Waals surface area contributed by atoms with Crippen LogP contribution in [0, 0.1) is 0 Å². The first kappa shape index (κ1) is 20.4. The summed E-state index contributed by atoms with van der Waals surface area (Å²) in [4.78, 5) is 36.0. The Morgan fingerprint density at radius 2 is 1.23 bits per heavy atom. The molecule has 0 radical (unpaired) electrons. The van der Waals surface area contributed by atoms with E-state index in [1.807, 2.05) is 0 Å². The van der Waals surface area contributed by atoms with Gasteiger partial charge in [-0.3, -0.25) is 19.3 Å². The highest BCUT2D eigenvalue weighted by atomic mass is 16.6. The molecule has 0 bridgehead atoms. The largest absolute Gasteiger partial charge is 0.480 e. The van der Waals surface area contributed by atoms with Gasteiger partial charge in [0.1, 0.15) is 17.2 Å². The lowest BCUT2D eigenvalue weighted by Gasteiger charge is -2.28. The third kappa shape index (κ3) is 9.33. The van der Waals surface area contributed by atoms with Gasteiger partial charge in [-0.2, -0.15) is 0 Å². The number of esters is 2. The summed E-state index contributed by atoms with van der Waals surface area (Å²) in [5.41, 5.74) is -1.36. The first-order chi connectivity index (χ1) is 9.71. The molecule has 0 amide bonds. The number of nitrogens with zero attached hydrogens (tertiary/aromatic N) is 1. The summed E-state index contributed by atoms with van der Waals surface area (Å²) in [7, 11) is 0. The molecule has 0 aromatic rings. The first-order valence-electron chi connectivity index (χ1n) is 7.12. The standard InChI is InChI=1S/C15H27NO6/c1-10(13(19)20)16(8-11(17)21-14(2,3)4)9-12(18)22-15(5,6)7/h10H,8-9H2,1-7H3,(H,19,20)/t10-/m0/s1. The van der Waals surface area contributed by atoms with Crippen molar-refractivity contribution >= 4 is 17.9 Å². The van der Waals surface area contributed by atoms with Crippen LogP contribution < -0.4 is 0 Å². The Morgan fingerprint density at radius 1 is 0.909 bits per heavy atom. The highest BCUT2D eigenvalue weighted by molar-refractivity contribution is 5.79. The van der Waals surface area contributed by atoms with Crippen LogP contribution in [-0.4, -0.2) is 58.2 Å². The van der Waals surface area contributed by atoms with Crippen molar-refractivity contribution in [3.63, 3.8) is 0 Å². The number of carboxylic acids is 1. The van der Waals surface area contributed by atoms with Gasteiger partial charge in [-0.15, -0.1) is 0 Å². The van der Waals surface area contributed by atoms with Crippen molar-refractivity contribution in [1.82, 2.24) is 4.90 Å². The number of carbonyl (C=O) groups excluding carboxylic acids is 2. The minimum absolute atomic E-state index is 0.302. The molecule has 22 heavy (non-hydrogen) atoms. The molecule has 7 heteroatoms. The van der Waals surface area contributed by atoms with Crippen molar-refractivity contribution < 1.29 is 29.0 Å². The minimum Gasteiger partial charge on any atom is -0.480 e. The first-order valence-corrected chi connectivity index (χ1v) is 7.12.